The number of nitrogens with zero attached hydrogens (tertiary/aromatic N) is 6. The van der Waals surface area contributed by atoms with Gasteiger partial charge in [-0.15, -0.1) is 0 Å². The third kappa shape index (κ3) is 3.39. The standard InChI is InChI=1S/C24H24N8/c1-14-28-21(31-30-14)17-7-5-6-8-18(17)22-29-19-11-15(16-12-26-23(25)27-13-16)9-10-20(19)32(22)24(2,3)4/h5-13H,1-4H3,(H2,25,26,27)(H,28,30,31). The summed E-state index contributed by atoms with van der Waals surface area (Å²) in [6.45, 7) is 8.43. The molecule has 0 amide bonds. The number of aromatic nitrogens is 7. The predicted octanol–water partition coefficient (Wildman–Crippen LogP) is 4.59. The average molecular weight is 425 g/mol. The lowest BCUT2D eigenvalue weighted by Gasteiger charge is -2.25. The fraction of sp³-hybridized carbons (Fsp3) is 0.208. The zero-order valence-corrected chi connectivity index (χ0v) is 18.5. The number of hydrogen-bond acceptors (Lipinski definition) is 6. The number of nitrogens with two attached hydrogens (primary N) is 1. The smallest absolute Gasteiger partial charge is 0.219 e. The van der Waals surface area contributed by atoms with Crippen LogP contribution in [0.4, 0.5) is 5.95 Å². The Bertz CT molecular complexity index is 1420. The van der Waals surface area contributed by atoms with E-state index in [1.54, 1.807) is 12.4 Å². The molecule has 160 valence electrons. The first kappa shape index (κ1) is 19.9. The van der Waals surface area contributed by atoms with Gasteiger partial charge in [0, 0.05) is 34.6 Å². The summed E-state index contributed by atoms with van der Waals surface area (Å²) < 4.78 is 2.27. The quantitative estimate of drug-likeness (QED) is 0.438. The van der Waals surface area contributed by atoms with E-state index in [9.17, 15) is 0 Å². The van der Waals surface area contributed by atoms with Crippen LogP contribution < -0.4 is 5.73 Å². The molecule has 8 nitrogen and oxygen atoms in total. The number of nitrogens with one attached hydrogen (secondary N) is 1. The second kappa shape index (κ2) is 7.26. The molecule has 5 aromatic rings. The Morgan fingerprint density at radius 3 is 2.28 bits per heavy atom. The fourth-order valence-corrected chi connectivity index (χ4v) is 3.94. The third-order valence-electron chi connectivity index (χ3n) is 5.34. The maximum Gasteiger partial charge on any atom is 0.219 e. The number of benzene rings is 2. The van der Waals surface area contributed by atoms with Crippen LogP contribution in [0.15, 0.2) is 54.9 Å². The second-order valence-corrected chi connectivity index (χ2v) is 8.77. The van der Waals surface area contributed by atoms with Crippen LogP contribution >= 0.6 is 0 Å². The van der Waals surface area contributed by atoms with Crippen LogP contribution in [0, 0.1) is 6.92 Å². The topological polar surface area (TPSA) is 111 Å². The van der Waals surface area contributed by atoms with Crippen LogP contribution in [0.25, 0.3) is 44.9 Å². The number of fused-ring (bicyclic) bond motifs is 1. The van der Waals surface area contributed by atoms with Gasteiger partial charge in [0.15, 0.2) is 5.82 Å². The summed E-state index contributed by atoms with van der Waals surface area (Å²) >= 11 is 0. The Balaban J connectivity index is 1.74. The minimum Gasteiger partial charge on any atom is -0.368 e. The van der Waals surface area contributed by atoms with E-state index in [1.165, 1.54) is 0 Å². The molecule has 0 saturated carbocycles. The lowest BCUT2D eigenvalue weighted by atomic mass is 10.0. The van der Waals surface area contributed by atoms with Crippen molar-refractivity contribution in [3.05, 3.63) is 60.7 Å². The highest BCUT2D eigenvalue weighted by molar-refractivity contribution is 5.88. The van der Waals surface area contributed by atoms with Gasteiger partial charge in [0.25, 0.3) is 0 Å². The van der Waals surface area contributed by atoms with Crippen molar-refractivity contribution in [2.75, 3.05) is 5.73 Å². The van der Waals surface area contributed by atoms with E-state index in [0.717, 1.165) is 44.9 Å². The molecule has 0 radical (unpaired) electrons. The Labute approximate surface area is 185 Å². The highest BCUT2D eigenvalue weighted by Crippen LogP contribution is 2.36. The molecule has 0 atom stereocenters. The maximum absolute atomic E-state index is 5.64. The van der Waals surface area contributed by atoms with Crippen molar-refractivity contribution in [2.24, 2.45) is 0 Å². The van der Waals surface area contributed by atoms with Gasteiger partial charge in [-0.1, -0.05) is 30.3 Å². The van der Waals surface area contributed by atoms with E-state index in [0.29, 0.717) is 5.82 Å². The zero-order chi connectivity index (χ0) is 22.5. The Morgan fingerprint density at radius 1 is 0.906 bits per heavy atom. The number of H-pyrrole nitrogens is 1. The summed E-state index contributed by atoms with van der Waals surface area (Å²) in [5.74, 6) is 2.56. The molecule has 3 heterocycles. The molecular weight excluding hydrogens is 400 g/mol. The molecule has 0 unspecified atom stereocenters. The van der Waals surface area contributed by atoms with Gasteiger partial charge < -0.3 is 10.3 Å². The predicted molar refractivity (Wildman–Crippen MR) is 126 cm³/mol. The van der Waals surface area contributed by atoms with Crippen LogP contribution in [-0.2, 0) is 5.54 Å². The van der Waals surface area contributed by atoms with Crippen LogP contribution in [0.1, 0.15) is 26.6 Å². The molecule has 0 fully saturated rings. The molecule has 0 saturated heterocycles. The van der Waals surface area contributed by atoms with Crippen molar-refractivity contribution in [3.63, 3.8) is 0 Å². The van der Waals surface area contributed by atoms with Crippen molar-refractivity contribution in [3.8, 4) is 33.9 Å². The fourth-order valence-electron chi connectivity index (χ4n) is 3.94. The number of hydrogen-bond donors (Lipinski definition) is 2. The van der Waals surface area contributed by atoms with Crippen LogP contribution in [0.5, 0.6) is 0 Å². The largest absolute Gasteiger partial charge is 0.368 e. The molecule has 32 heavy (non-hydrogen) atoms. The van der Waals surface area contributed by atoms with Gasteiger partial charge in [0.1, 0.15) is 11.6 Å². The molecule has 0 spiro atoms. The normalized spacial score (nSPS) is 11.9. The number of aryl methyl sites for hydroxylation is 1. The molecule has 5 rings (SSSR count). The number of rotatable bonds is 3. The maximum atomic E-state index is 5.64. The summed E-state index contributed by atoms with van der Waals surface area (Å²) in [7, 11) is 0. The van der Waals surface area contributed by atoms with Gasteiger partial charge in [-0.25, -0.2) is 19.9 Å². The molecule has 0 aliphatic rings. The molecule has 0 aliphatic heterocycles. The van der Waals surface area contributed by atoms with E-state index < -0.39 is 0 Å². The van der Waals surface area contributed by atoms with Gasteiger partial charge in [0.2, 0.25) is 5.95 Å². The van der Waals surface area contributed by atoms with Gasteiger partial charge >= 0.3 is 0 Å². The zero-order valence-electron chi connectivity index (χ0n) is 18.5. The highest BCUT2D eigenvalue weighted by Gasteiger charge is 2.25. The number of nitrogen functional groups attached to an aromatic ring is 1. The number of imidazole rings is 1. The first-order valence-corrected chi connectivity index (χ1v) is 10.4. The molecule has 0 aliphatic carbocycles. The second-order valence-electron chi connectivity index (χ2n) is 8.77. The highest BCUT2D eigenvalue weighted by atomic mass is 15.2. The van der Waals surface area contributed by atoms with E-state index in [4.69, 9.17) is 10.7 Å². The van der Waals surface area contributed by atoms with Crippen molar-refractivity contribution in [1.82, 2.24) is 34.7 Å². The van der Waals surface area contributed by atoms with E-state index in [-0.39, 0.29) is 11.5 Å². The molecular formula is C24H24N8. The number of anilines is 1. The SMILES string of the molecule is Cc1nc(-c2ccccc2-c2nc3cc(-c4cnc(N)nc4)ccc3n2C(C)(C)C)n[nH]1. The van der Waals surface area contributed by atoms with E-state index in [1.807, 2.05) is 25.1 Å². The monoisotopic (exact) mass is 424 g/mol. The Hall–Kier alpha value is -4.07. The lowest BCUT2D eigenvalue weighted by molar-refractivity contribution is 0.413. The van der Waals surface area contributed by atoms with E-state index >= 15 is 0 Å². The first-order chi connectivity index (χ1) is 15.3. The minimum atomic E-state index is -0.196. The average Bonchev–Trinajstić information content (AvgIpc) is 3.37. The van der Waals surface area contributed by atoms with Crippen molar-refractivity contribution in [1.29, 1.82) is 0 Å². The molecule has 3 N–H and O–H groups in total. The molecule has 8 heteroatoms. The van der Waals surface area contributed by atoms with Crippen molar-refractivity contribution >= 4 is 17.0 Å². The van der Waals surface area contributed by atoms with Gasteiger partial charge in [-0.05, 0) is 45.4 Å². The Morgan fingerprint density at radius 2 is 1.62 bits per heavy atom. The summed E-state index contributed by atoms with van der Waals surface area (Å²) in [5, 5.41) is 7.32. The van der Waals surface area contributed by atoms with Crippen molar-refractivity contribution < 1.29 is 0 Å². The van der Waals surface area contributed by atoms with Crippen molar-refractivity contribution in [2.45, 2.75) is 33.2 Å². The first-order valence-electron chi connectivity index (χ1n) is 10.4. The summed E-state index contributed by atoms with van der Waals surface area (Å²) in [6, 6.07) is 14.3. The van der Waals surface area contributed by atoms with Crippen LogP contribution in [0.3, 0.4) is 0 Å². The van der Waals surface area contributed by atoms with Crippen LogP contribution in [0.2, 0.25) is 0 Å². The minimum absolute atomic E-state index is 0.196. The number of aromatic amines is 1. The summed E-state index contributed by atoms with van der Waals surface area (Å²) in [6.07, 6.45) is 3.46. The molecule has 3 aromatic heterocycles. The van der Waals surface area contributed by atoms with E-state index in [2.05, 4.69) is 74.8 Å². The Kier molecular flexibility index (Phi) is 4.51. The lowest BCUT2D eigenvalue weighted by Crippen LogP contribution is -2.22. The summed E-state index contributed by atoms with van der Waals surface area (Å²) in [5.41, 5.74) is 11.2. The summed E-state index contributed by atoms with van der Waals surface area (Å²) in [4.78, 5) is 17.9. The molecule has 2 aromatic carbocycles. The van der Waals surface area contributed by atoms with Gasteiger partial charge in [-0.3, -0.25) is 5.10 Å². The molecule has 0 bridgehead atoms. The van der Waals surface area contributed by atoms with Gasteiger partial charge in [0.05, 0.1) is 11.0 Å². The van der Waals surface area contributed by atoms with Crippen LogP contribution in [-0.4, -0.2) is 34.7 Å². The third-order valence-corrected chi connectivity index (χ3v) is 5.34. The van der Waals surface area contributed by atoms with Gasteiger partial charge in [-0.2, -0.15) is 5.10 Å².